The van der Waals surface area contributed by atoms with E-state index in [0.29, 0.717) is 18.4 Å². The number of amides is 2. The van der Waals surface area contributed by atoms with Gasteiger partial charge in [0.1, 0.15) is 6.61 Å². The van der Waals surface area contributed by atoms with Crippen molar-refractivity contribution in [2.45, 2.75) is 38.6 Å². The number of carbonyl (C=O) groups excluding carboxylic acids is 2. The molecular weight excluding hydrogens is 306 g/mol. The number of rotatable bonds is 7. The fourth-order valence-electron chi connectivity index (χ4n) is 3.38. The lowest BCUT2D eigenvalue weighted by Crippen LogP contribution is -2.37. The van der Waals surface area contributed by atoms with Crippen LogP contribution >= 0.6 is 0 Å². The van der Waals surface area contributed by atoms with Crippen molar-refractivity contribution in [3.8, 4) is 0 Å². The number of carbonyl (C=O) groups is 2. The van der Waals surface area contributed by atoms with Crippen LogP contribution in [-0.4, -0.2) is 37.1 Å². The summed E-state index contributed by atoms with van der Waals surface area (Å²) >= 11 is 0. The summed E-state index contributed by atoms with van der Waals surface area (Å²) in [6.07, 6.45) is 5.89. The second-order valence-electron chi connectivity index (χ2n) is 6.45. The predicted octanol–water partition coefficient (Wildman–Crippen LogP) is 1.83. The zero-order chi connectivity index (χ0) is 17.4. The van der Waals surface area contributed by atoms with Crippen molar-refractivity contribution in [3.05, 3.63) is 30.1 Å². The van der Waals surface area contributed by atoms with Gasteiger partial charge < -0.3 is 15.4 Å². The number of aromatic nitrogens is 1. The lowest BCUT2D eigenvalue weighted by molar-refractivity contribution is -0.125. The highest BCUT2D eigenvalue weighted by molar-refractivity contribution is 5.77. The fourth-order valence-corrected chi connectivity index (χ4v) is 3.38. The van der Waals surface area contributed by atoms with Gasteiger partial charge in [-0.3, -0.25) is 14.6 Å². The number of nitrogens with zero attached hydrogens (tertiary/aromatic N) is 1. The molecule has 24 heavy (non-hydrogen) atoms. The van der Waals surface area contributed by atoms with Crippen molar-refractivity contribution in [2.75, 3.05) is 20.3 Å². The molecule has 0 aliphatic heterocycles. The highest BCUT2D eigenvalue weighted by Gasteiger charge is 2.30. The second-order valence-corrected chi connectivity index (χ2v) is 6.45. The standard InChI is InChI=1S/C18H27N3O3/c1-13(22)21-18(16-5-3-4-10-19-16)15-8-6-14(7-9-15)11-20-17(23)12-24-2/h3-5,10,14-15,18H,6-9,11-12H2,1-2H3,(H,20,23)(H,21,22)/t14?,15?,18-/m0/s1. The Morgan fingerprint density at radius 1 is 1.29 bits per heavy atom. The molecule has 0 radical (unpaired) electrons. The molecule has 1 atom stereocenters. The van der Waals surface area contributed by atoms with Crippen LogP contribution in [0.25, 0.3) is 0 Å². The topological polar surface area (TPSA) is 80.3 Å². The van der Waals surface area contributed by atoms with Gasteiger partial charge in [0.05, 0.1) is 11.7 Å². The van der Waals surface area contributed by atoms with E-state index in [1.54, 1.807) is 13.1 Å². The van der Waals surface area contributed by atoms with Crippen molar-refractivity contribution in [3.63, 3.8) is 0 Å². The van der Waals surface area contributed by atoms with Gasteiger partial charge >= 0.3 is 0 Å². The minimum Gasteiger partial charge on any atom is -0.375 e. The Morgan fingerprint density at radius 2 is 2.04 bits per heavy atom. The maximum atomic E-state index is 11.6. The zero-order valence-electron chi connectivity index (χ0n) is 14.5. The van der Waals surface area contributed by atoms with Crippen LogP contribution in [-0.2, 0) is 14.3 Å². The van der Waals surface area contributed by atoms with E-state index < -0.39 is 0 Å². The normalized spacial score (nSPS) is 21.8. The first-order valence-electron chi connectivity index (χ1n) is 8.53. The highest BCUT2D eigenvalue weighted by Crippen LogP contribution is 2.36. The average Bonchev–Trinajstić information content (AvgIpc) is 2.59. The third-order valence-corrected chi connectivity index (χ3v) is 4.59. The molecule has 1 heterocycles. The summed E-state index contributed by atoms with van der Waals surface area (Å²) in [6, 6.07) is 5.77. The Hall–Kier alpha value is -1.95. The SMILES string of the molecule is COCC(=O)NCC1CCC([C@H](NC(C)=O)c2ccccn2)CC1. The molecule has 0 aromatic carbocycles. The minimum atomic E-state index is -0.0655. The summed E-state index contributed by atoms with van der Waals surface area (Å²) in [7, 11) is 1.52. The fraction of sp³-hybridized carbons (Fsp3) is 0.611. The number of pyridine rings is 1. The molecule has 132 valence electrons. The molecule has 2 amide bonds. The molecule has 6 heteroatoms. The van der Waals surface area contributed by atoms with E-state index in [1.807, 2.05) is 18.2 Å². The van der Waals surface area contributed by atoms with Crippen molar-refractivity contribution in [2.24, 2.45) is 11.8 Å². The Bertz CT molecular complexity index is 528. The molecule has 1 aromatic rings. The van der Waals surface area contributed by atoms with Gasteiger partial charge in [0, 0.05) is 26.8 Å². The van der Waals surface area contributed by atoms with Crippen LogP contribution in [0.2, 0.25) is 0 Å². The molecule has 0 spiro atoms. The molecule has 1 fully saturated rings. The van der Waals surface area contributed by atoms with Gasteiger partial charge in [-0.05, 0) is 49.7 Å². The molecule has 1 aliphatic rings. The molecule has 1 aromatic heterocycles. The number of hydrogen-bond donors (Lipinski definition) is 2. The van der Waals surface area contributed by atoms with E-state index in [-0.39, 0.29) is 24.5 Å². The van der Waals surface area contributed by atoms with Crippen LogP contribution in [0.15, 0.2) is 24.4 Å². The maximum Gasteiger partial charge on any atom is 0.245 e. The monoisotopic (exact) mass is 333 g/mol. The predicted molar refractivity (Wildman–Crippen MR) is 91.1 cm³/mol. The third kappa shape index (κ3) is 5.60. The summed E-state index contributed by atoms with van der Waals surface area (Å²) in [5, 5.41) is 5.98. The van der Waals surface area contributed by atoms with Crippen molar-refractivity contribution in [1.82, 2.24) is 15.6 Å². The van der Waals surface area contributed by atoms with E-state index in [1.165, 1.54) is 7.11 Å². The van der Waals surface area contributed by atoms with Gasteiger partial charge in [0.2, 0.25) is 11.8 Å². The van der Waals surface area contributed by atoms with Crippen LogP contribution in [0.1, 0.15) is 44.3 Å². The van der Waals surface area contributed by atoms with Crippen LogP contribution in [0.5, 0.6) is 0 Å². The minimum absolute atomic E-state index is 0.0281. The molecule has 2 rings (SSSR count). The average molecular weight is 333 g/mol. The molecule has 6 nitrogen and oxygen atoms in total. The van der Waals surface area contributed by atoms with Crippen LogP contribution in [0, 0.1) is 11.8 Å². The Morgan fingerprint density at radius 3 is 2.62 bits per heavy atom. The number of ether oxygens (including phenoxy) is 1. The molecular formula is C18H27N3O3. The van der Waals surface area contributed by atoms with Crippen molar-refractivity contribution >= 4 is 11.8 Å². The summed E-state index contributed by atoms with van der Waals surface area (Å²) in [4.78, 5) is 27.5. The Kier molecular flexibility index (Phi) is 7.18. The van der Waals surface area contributed by atoms with E-state index >= 15 is 0 Å². The van der Waals surface area contributed by atoms with Gasteiger partial charge in [-0.2, -0.15) is 0 Å². The molecule has 1 saturated carbocycles. The summed E-state index contributed by atoms with van der Waals surface area (Å²) in [6.45, 7) is 2.36. The smallest absolute Gasteiger partial charge is 0.245 e. The first-order chi connectivity index (χ1) is 11.6. The second kappa shape index (κ2) is 9.37. The summed E-state index contributed by atoms with van der Waals surface area (Å²) in [5.41, 5.74) is 0.921. The van der Waals surface area contributed by atoms with Crippen LogP contribution in [0.4, 0.5) is 0 Å². The highest BCUT2D eigenvalue weighted by atomic mass is 16.5. The van der Waals surface area contributed by atoms with Gasteiger partial charge in [-0.25, -0.2) is 0 Å². The summed E-state index contributed by atoms with van der Waals surface area (Å²) < 4.78 is 4.82. The molecule has 2 N–H and O–H groups in total. The van der Waals surface area contributed by atoms with Crippen LogP contribution in [0.3, 0.4) is 0 Å². The van der Waals surface area contributed by atoms with E-state index in [4.69, 9.17) is 4.74 Å². The first-order valence-corrected chi connectivity index (χ1v) is 8.53. The number of methoxy groups -OCH3 is 1. The Labute approximate surface area is 143 Å². The molecule has 0 unspecified atom stereocenters. The van der Waals surface area contributed by atoms with Gasteiger partial charge in [0.15, 0.2) is 0 Å². The van der Waals surface area contributed by atoms with Gasteiger partial charge in [-0.15, -0.1) is 0 Å². The first kappa shape index (κ1) is 18.4. The summed E-state index contributed by atoms with van der Waals surface area (Å²) in [5.74, 6) is 0.780. The molecule has 1 aliphatic carbocycles. The van der Waals surface area contributed by atoms with E-state index in [0.717, 1.165) is 31.4 Å². The van der Waals surface area contributed by atoms with E-state index in [2.05, 4.69) is 15.6 Å². The zero-order valence-corrected chi connectivity index (χ0v) is 14.5. The molecule has 0 saturated heterocycles. The number of nitrogens with one attached hydrogen (secondary N) is 2. The maximum absolute atomic E-state index is 11.6. The van der Waals surface area contributed by atoms with Gasteiger partial charge in [-0.1, -0.05) is 6.07 Å². The van der Waals surface area contributed by atoms with Crippen molar-refractivity contribution < 1.29 is 14.3 Å². The van der Waals surface area contributed by atoms with Crippen molar-refractivity contribution in [1.29, 1.82) is 0 Å². The van der Waals surface area contributed by atoms with Crippen LogP contribution < -0.4 is 10.6 Å². The number of hydrogen-bond acceptors (Lipinski definition) is 4. The Balaban J connectivity index is 1.88. The van der Waals surface area contributed by atoms with E-state index in [9.17, 15) is 9.59 Å². The third-order valence-electron chi connectivity index (χ3n) is 4.59. The lowest BCUT2D eigenvalue weighted by atomic mass is 9.77. The molecule has 0 bridgehead atoms. The largest absolute Gasteiger partial charge is 0.375 e. The lowest BCUT2D eigenvalue weighted by Gasteiger charge is -2.34. The van der Waals surface area contributed by atoms with Gasteiger partial charge in [0.25, 0.3) is 0 Å². The quantitative estimate of drug-likeness (QED) is 0.798.